The highest BCUT2D eigenvalue weighted by atomic mass is 32.2. The van der Waals surface area contributed by atoms with Crippen molar-refractivity contribution >= 4 is 17.7 Å². The Labute approximate surface area is 170 Å². The number of likely N-dealkylation sites (tertiary alicyclic amines) is 1. The second-order valence-corrected chi connectivity index (χ2v) is 8.60. The summed E-state index contributed by atoms with van der Waals surface area (Å²) in [6, 6.07) is 8.46. The summed E-state index contributed by atoms with van der Waals surface area (Å²) in [5.74, 6) is 0.545. The van der Waals surface area contributed by atoms with Gasteiger partial charge in [0.05, 0.1) is 24.2 Å². The molecule has 2 heterocycles. The number of nitrogens with one attached hydrogen (secondary N) is 2. The predicted molar refractivity (Wildman–Crippen MR) is 111 cm³/mol. The molecule has 1 aliphatic carbocycles. The largest absolute Gasteiger partial charge is 0.378 e. The first-order valence-electron chi connectivity index (χ1n) is 9.78. The Bertz CT molecular complexity index is 802. The minimum Gasteiger partial charge on any atom is -0.378 e. The van der Waals surface area contributed by atoms with Crippen molar-refractivity contribution in [2.75, 3.05) is 32.2 Å². The third-order valence-electron chi connectivity index (χ3n) is 6.22. The molecule has 2 aromatic rings. The lowest BCUT2D eigenvalue weighted by Crippen LogP contribution is -2.50. The van der Waals surface area contributed by atoms with Crippen LogP contribution in [-0.2, 0) is 21.5 Å². The maximum absolute atomic E-state index is 12.4. The highest BCUT2D eigenvalue weighted by Crippen LogP contribution is 2.52. The number of ether oxygens (including phenoxy) is 1. The molecule has 1 aliphatic heterocycles. The number of fused-ring (bicyclic) bond motifs is 2. The third kappa shape index (κ3) is 3.47. The lowest BCUT2D eigenvalue weighted by atomic mass is 9.72. The van der Waals surface area contributed by atoms with E-state index < -0.39 is 0 Å². The van der Waals surface area contributed by atoms with Gasteiger partial charge in [0.2, 0.25) is 5.91 Å². The van der Waals surface area contributed by atoms with E-state index in [0.29, 0.717) is 5.75 Å². The Morgan fingerprint density at radius 3 is 2.86 bits per heavy atom. The highest BCUT2D eigenvalue weighted by Gasteiger charge is 2.53. The molecular weight excluding hydrogens is 372 g/mol. The summed E-state index contributed by atoms with van der Waals surface area (Å²) in [6.07, 6.45) is 7.58. The molecule has 4 rings (SSSR count). The van der Waals surface area contributed by atoms with E-state index in [-0.39, 0.29) is 23.5 Å². The van der Waals surface area contributed by atoms with Crippen molar-refractivity contribution in [2.45, 2.75) is 36.9 Å². The summed E-state index contributed by atoms with van der Waals surface area (Å²) in [7, 11) is 1.78. The minimum atomic E-state index is -0.0833. The number of piperidine rings is 1. The molecule has 1 amide bonds. The van der Waals surface area contributed by atoms with E-state index in [0.717, 1.165) is 38.2 Å². The number of thioether (sulfide) groups is 1. The van der Waals surface area contributed by atoms with Gasteiger partial charge in [-0.15, -0.1) is 0 Å². The summed E-state index contributed by atoms with van der Waals surface area (Å²) < 4.78 is 6.06. The monoisotopic (exact) mass is 400 g/mol. The van der Waals surface area contributed by atoms with E-state index in [4.69, 9.17) is 4.74 Å². The SMILES string of the molecule is CO[C@H]1[C@H](NC(=O)CSC)c2ccccc2C12CCN(Cc1cnc[nH]1)CC2. The molecule has 0 radical (unpaired) electrons. The van der Waals surface area contributed by atoms with E-state index in [9.17, 15) is 4.79 Å². The Balaban J connectivity index is 1.57. The van der Waals surface area contributed by atoms with Crippen LogP contribution in [0.5, 0.6) is 0 Å². The van der Waals surface area contributed by atoms with Gasteiger partial charge in [0, 0.05) is 31.0 Å². The molecule has 1 aromatic heterocycles. The summed E-state index contributed by atoms with van der Waals surface area (Å²) in [4.78, 5) is 22.1. The van der Waals surface area contributed by atoms with Gasteiger partial charge >= 0.3 is 0 Å². The molecule has 1 spiro atoms. The molecule has 2 N–H and O–H groups in total. The fourth-order valence-electron chi connectivity index (χ4n) is 4.99. The zero-order chi connectivity index (χ0) is 19.6. The Morgan fingerprint density at radius 1 is 1.39 bits per heavy atom. The number of carbonyl (C=O) groups is 1. The van der Waals surface area contributed by atoms with Crippen LogP contribution in [-0.4, -0.2) is 59.1 Å². The van der Waals surface area contributed by atoms with E-state index in [2.05, 4.69) is 44.5 Å². The molecule has 0 saturated carbocycles. The molecule has 150 valence electrons. The summed E-state index contributed by atoms with van der Waals surface area (Å²) in [5.41, 5.74) is 3.66. The van der Waals surface area contributed by atoms with Crippen LogP contribution in [0.4, 0.5) is 0 Å². The Kier molecular flexibility index (Phi) is 5.75. The molecule has 1 saturated heterocycles. The van der Waals surface area contributed by atoms with Crippen molar-refractivity contribution in [3.05, 3.63) is 53.6 Å². The van der Waals surface area contributed by atoms with E-state index >= 15 is 0 Å². The number of nitrogens with zero attached hydrogens (tertiary/aromatic N) is 2. The number of rotatable bonds is 6. The van der Waals surface area contributed by atoms with Crippen LogP contribution in [0.15, 0.2) is 36.8 Å². The molecule has 1 aromatic carbocycles. The summed E-state index contributed by atoms with van der Waals surface area (Å²) in [6.45, 7) is 2.89. The van der Waals surface area contributed by atoms with Gasteiger partial charge in [-0.05, 0) is 43.3 Å². The number of carbonyl (C=O) groups excluding carboxylic acids is 1. The van der Waals surface area contributed by atoms with Crippen molar-refractivity contribution in [3.63, 3.8) is 0 Å². The molecule has 1 fully saturated rings. The average molecular weight is 401 g/mol. The normalized spacial score (nSPS) is 23.6. The first-order valence-corrected chi connectivity index (χ1v) is 11.2. The van der Waals surface area contributed by atoms with E-state index in [1.165, 1.54) is 11.1 Å². The Hall–Kier alpha value is -1.83. The molecule has 2 aliphatic rings. The quantitative estimate of drug-likeness (QED) is 0.780. The number of hydrogen-bond acceptors (Lipinski definition) is 5. The van der Waals surface area contributed by atoms with Crippen LogP contribution < -0.4 is 5.32 Å². The average Bonchev–Trinajstić information content (AvgIpc) is 3.30. The van der Waals surface area contributed by atoms with Crippen molar-refractivity contribution in [3.8, 4) is 0 Å². The van der Waals surface area contributed by atoms with Crippen LogP contribution >= 0.6 is 11.8 Å². The summed E-state index contributed by atoms with van der Waals surface area (Å²) in [5, 5.41) is 3.24. The number of amides is 1. The molecule has 0 unspecified atom stereocenters. The van der Waals surface area contributed by atoms with Crippen LogP contribution in [0.25, 0.3) is 0 Å². The Morgan fingerprint density at radius 2 is 2.18 bits per heavy atom. The van der Waals surface area contributed by atoms with Gasteiger partial charge < -0.3 is 15.0 Å². The van der Waals surface area contributed by atoms with E-state index in [1.54, 1.807) is 25.2 Å². The number of H-pyrrole nitrogens is 1. The van der Waals surface area contributed by atoms with Gasteiger partial charge in [0.25, 0.3) is 0 Å². The first-order chi connectivity index (χ1) is 13.7. The van der Waals surface area contributed by atoms with Crippen LogP contribution in [0, 0.1) is 0 Å². The fraction of sp³-hybridized carbons (Fsp3) is 0.524. The number of aromatic amines is 1. The number of imidazole rings is 1. The maximum Gasteiger partial charge on any atom is 0.230 e. The number of hydrogen-bond donors (Lipinski definition) is 2. The summed E-state index contributed by atoms with van der Waals surface area (Å²) >= 11 is 1.54. The molecule has 28 heavy (non-hydrogen) atoms. The fourth-order valence-corrected chi connectivity index (χ4v) is 5.34. The van der Waals surface area contributed by atoms with Gasteiger partial charge in [0.1, 0.15) is 0 Å². The van der Waals surface area contributed by atoms with Gasteiger partial charge in [-0.25, -0.2) is 4.98 Å². The van der Waals surface area contributed by atoms with Gasteiger partial charge in [-0.2, -0.15) is 11.8 Å². The van der Waals surface area contributed by atoms with Gasteiger partial charge in [0.15, 0.2) is 0 Å². The molecule has 0 bridgehead atoms. The highest BCUT2D eigenvalue weighted by molar-refractivity contribution is 7.99. The molecular formula is C21H28N4O2S. The van der Waals surface area contributed by atoms with Gasteiger partial charge in [-0.3, -0.25) is 9.69 Å². The zero-order valence-corrected chi connectivity index (χ0v) is 17.3. The van der Waals surface area contributed by atoms with Crippen molar-refractivity contribution in [2.24, 2.45) is 0 Å². The predicted octanol–water partition coefficient (Wildman–Crippen LogP) is 2.49. The molecule has 2 atom stereocenters. The smallest absolute Gasteiger partial charge is 0.230 e. The lowest BCUT2D eigenvalue weighted by molar-refractivity contribution is -0.121. The second-order valence-electron chi connectivity index (χ2n) is 7.73. The first kappa shape index (κ1) is 19.5. The number of benzene rings is 1. The molecule has 7 heteroatoms. The molecule has 6 nitrogen and oxygen atoms in total. The minimum absolute atomic E-state index is 0.0370. The number of methoxy groups -OCH3 is 1. The second kappa shape index (κ2) is 8.27. The van der Waals surface area contributed by atoms with Crippen LogP contribution in [0.1, 0.15) is 35.7 Å². The third-order valence-corrected chi connectivity index (χ3v) is 6.77. The van der Waals surface area contributed by atoms with E-state index in [1.807, 2.05) is 12.5 Å². The standard InChI is InChI=1S/C21H28N4O2S/c1-27-20-19(24-18(26)13-28-2)16-5-3-4-6-17(16)21(20)7-9-25(10-8-21)12-15-11-22-14-23-15/h3-6,11,14,19-20H,7-10,12-13H2,1-2H3,(H,22,23)(H,24,26)/t19-,20+/m1/s1. The van der Waals surface area contributed by atoms with Gasteiger partial charge in [-0.1, -0.05) is 24.3 Å². The maximum atomic E-state index is 12.4. The van der Waals surface area contributed by atoms with Crippen molar-refractivity contribution in [1.29, 1.82) is 0 Å². The van der Waals surface area contributed by atoms with Crippen molar-refractivity contribution < 1.29 is 9.53 Å². The van der Waals surface area contributed by atoms with Crippen LogP contribution in [0.2, 0.25) is 0 Å². The number of aromatic nitrogens is 2. The zero-order valence-electron chi connectivity index (χ0n) is 16.5. The van der Waals surface area contributed by atoms with Crippen molar-refractivity contribution in [1.82, 2.24) is 20.2 Å². The van der Waals surface area contributed by atoms with Crippen LogP contribution in [0.3, 0.4) is 0 Å². The lowest BCUT2D eigenvalue weighted by Gasteiger charge is -2.44. The topological polar surface area (TPSA) is 70.2 Å².